The highest BCUT2D eigenvalue weighted by Gasteiger charge is 2.37. The molecule has 3 rings (SSSR count). The van der Waals surface area contributed by atoms with Crippen LogP contribution in [0.25, 0.3) is 0 Å². The molecule has 0 saturated carbocycles. The monoisotopic (exact) mass is 386 g/mol. The van der Waals surface area contributed by atoms with E-state index in [-0.39, 0.29) is 10.9 Å². The van der Waals surface area contributed by atoms with Crippen molar-refractivity contribution in [2.24, 2.45) is 5.92 Å². The maximum absolute atomic E-state index is 15.1. The predicted octanol–water partition coefficient (Wildman–Crippen LogP) is 5.42. The van der Waals surface area contributed by atoms with Gasteiger partial charge in [-0.2, -0.15) is 0 Å². The van der Waals surface area contributed by atoms with Crippen molar-refractivity contribution in [3.05, 3.63) is 59.7 Å². The largest absolute Gasteiger partial charge is 0.412 e. The van der Waals surface area contributed by atoms with Crippen molar-refractivity contribution >= 4 is 14.0 Å². The summed E-state index contributed by atoms with van der Waals surface area (Å²) in [6.07, 6.45) is 4.68. The summed E-state index contributed by atoms with van der Waals surface area (Å²) >= 11 is 0. The zero-order valence-electron chi connectivity index (χ0n) is 17.1. The molecule has 0 amide bonds. The highest BCUT2D eigenvalue weighted by molar-refractivity contribution is 6.74. The second kappa shape index (κ2) is 7.72. The second-order valence-electron chi connectivity index (χ2n) is 9.13. The molecule has 2 aromatic rings. The van der Waals surface area contributed by atoms with Gasteiger partial charge in [-0.05, 0) is 54.2 Å². The molecule has 1 saturated heterocycles. The maximum Gasteiger partial charge on any atom is 0.192 e. The molecule has 146 valence electrons. The van der Waals surface area contributed by atoms with Gasteiger partial charge in [-0.3, -0.25) is 4.98 Å². The summed E-state index contributed by atoms with van der Waals surface area (Å²) in [6, 6.07) is 9.79. The van der Waals surface area contributed by atoms with Crippen molar-refractivity contribution < 1.29 is 8.82 Å². The number of nitrogens with zero attached hydrogens (tertiary/aromatic N) is 2. The molecule has 0 N–H and O–H groups in total. The fourth-order valence-corrected chi connectivity index (χ4v) is 4.09. The summed E-state index contributed by atoms with van der Waals surface area (Å²) in [7, 11) is -1.89. The van der Waals surface area contributed by atoms with Crippen LogP contribution in [0.5, 0.6) is 0 Å². The van der Waals surface area contributed by atoms with Crippen molar-refractivity contribution in [3.63, 3.8) is 0 Å². The predicted molar refractivity (Wildman–Crippen MR) is 112 cm³/mol. The molecule has 0 aliphatic carbocycles. The molecule has 1 aliphatic rings. The molecule has 0 spiro atoms. The number of benzene rings is 1. The summed E-state index contributed by atoms with van der Waals surface area (Å²) < 4.78 is 21.3. The van der Waals surface area contributed by atoms with Crippen molar-refractivity contribution in [1.29, 1.82) is 0 Å². The first-order valence-corrected chi connectivity index (χ1v) is 12.6. The van der Waals surface area contributed by atoms with Crippen LogP contribution in [0.2, 0.25) is 18.1 Å². The Bertz CT molecular complexity index is 768. The summed E-state index contributed by atoms with van der Waals surface area (Å²) in [6.45, 7) is 13.2. The Morgan fingerprint density at radius 2 is 1.81 bits per heavy atom. The number of aromatic nitrogens is 1. The molecule has 0 unspecified atom stereocenters. The molecule has 0 atom stereocenters. The minimum Gasteiger partial charge on any atom is -0.412 e. The van der Waals surface area contributed by atoms with E-state index in [9.17, 15) is 0 Å². The molecule has 1 aliphatic heterocycles. The fraction of sp³-hybridized carbons (Fsp3) is 0.500. The SMILES string of the molecule is CC(C)(C)[Si](C)(C)OCc1cccc(N2CC(Cc3ccncc3)C2)c1F. The Morgan fingerprint density at radius 1 is 1.15 bits per heavy atom. The van der Waals surface area contributed by atoms with E-state index in [0.29, 0.717) is 23.8 Å². The van der Waals surface area contributed by atoms with Gasteiger partial charge in [0.2, 0.25) is 0 Å². The van der Waals surface area contributed by atoms with Gasteiger partial charge in [0.05, 0.1) is 12.3 Å². The normalized spacial score (nSPS) is 15.7. The first kappa shape index (κ1) is 20.0. The topological polar surface area (TPSA) is 25.4 Å². The van der Waals surface area contributed by atoms with Crippen molar-refractivity contribution in [2.45, 2.75) is 51.9 Å². The summed E-state index contributed by atoms with van der Waals surface area (Å²) in [4.78, 5) is 6.20. The lowest BCUT2D eigenvalue weighted by atomic mass is 9.92. The second-order valence-corrected chi connectivity index (χ2v) is 13.9. The minimum absolute atomic E-state index is 0.124. The third-order valence-electron chi connectivity index (χ3n) is 6.02. The van der Waals surface area contributed by atoms with E-state index in [1.165, 1.54) is 5.56 Å². The molecule has 5 heteroatoms. The van der Waals surface area contributed by atoms with Crippen LogP contribution in [0.3, 0.4) is 0 Å². The number of rotatable bonds is 6. The highest BCUT2D eigenvalue weighted by atomic mass is 28.4. The molecule has 2 heterocycles. The lowest BCUT2D eigenvalue weighted by Gasteiger charge is -2.41. The third kappa shape index (κ3) is 4.58. The molecule has 27 heavy (non-hydrogen) atoms. The van der Waals surface area contributed by atoms with Gasteiger partial charge in [-0.25, -0.2) is 4.39 Å². The number of hydrogen-bond acceptors (Lipinski definition) is 3. The number of hydrogen-bond donors (Lipinski definition) is 0. The van der Waals surface area contributed by atoms with Crippen LogP contribution < -0.4 is 4.90 Å². The average Bonchev–Trinajstić information content (AvgIpc) is 2.57. The highest BCUT2D eigenvalue weighted by Crippen LogP contribution is 2.38. The van der Waals surface area contributed by atoms with Gasteiger partial charge in [0.15, 0.2) is 14.1 Å². The van der Waals surface area contributed by atoms with Gasteiger partial charge in [0, 0.05) is 31.0 Å². The van der Waals surface area contributed by atoms with Gasteiger partial charge >= 0.3 is 0 Å². The van der Waals surface area contributed by atoms with E-state index >= 15 is 4.39 Å². The van der Waals surface area contributed by atoms with Crippen LogP contribution in [0, 0.1) is 11.7 Å². The van der Waals surface area contributed by atoms with Gasteiger partial charge in [-0.15, -0.1) is 0 Å². The average molecular weight is 387 g/mol. The molecule has 1 aromatic carbocycles. The molecular formula is C22H31FN2OSi. The van der Waals surface area contributed by atoms with Crippen molar-refractivity contribution in [3.8, 4) is 0 Å². The smallest absolute Gasteiger partial charge is 0.192 e. The zero-order valence-corrected chi connectivity index (χ0v) is 18.1. The van der Waals surface area contributed by atoms with E-state index < -0.39 is 8.32 Å². The Balaban J connectivity index is 1.61. The molecule has 1 fully saturated rings. The fourth-order valence-electron chi connectivity index (χ4n) is 3.14. The van der Waals surface area contributed by atoms with E-state index in [1.54, 1.807) is 0 Å². The standard InChI is InChI=1S/C22H31FN2OSi/c1-22(2,3)27(4,5)26-16-19-7-6-8-20(21(19)23)25-14-18(15-25)13-17-9-11-24-12-10-17/h6-12,18H,13-16H2,1-5H3. The summed E-state index contributed by atoms with van der Waals surface area (Å²) in [5.74, 6) is 0.442. The van der Waals surface area contributed by atoms with Gasteiger partial charge in [0.25, 0.3) is 0 Å². The third-order valence-corrected chi connectivity index (χ3v) is 10.5. The number of anilines is 1. The maximum atomic E-state index is 15.1. The Labute approximate surface area is 163 Å². The van der Waals surface area contributed by atoms with Crippen LogP contribution in [-0.4, -0.2) is 26.4 Å². The van der Waals surface area contributed by atoms with Crippen molar-refractivity contribution in [1.82, 2.24) is 4.98 Å². The van der Waals surface area contributed by atoms with Gasteiger partial charge < -0.3 is 9.33 Å². The zero-order chi connectivity index (χ0) is 19.7. The van der Waals surface area contributed by atoms with E-state index in [2.05, 4.69) is 55.9 Å². The van der Waals surface area contributed by atoms with Crippen molar-refractivity contribution in [2.75, 3.05) is 18.0 Å². The van der Waals surface area contributed by atoms with Crippen LogP contribution in [0.4, 0.5) is 10.1 Å². The van der Waals surface area contributed by atoms with Crippen LogP contribution in [0.1, 0.15) is 31.9 Å². The van der Waals surface area contributed by atoms with Crippen LogP contribution in [-0.2, 0) is 17.5 Å². The van der Waals surface area contributed by atoms with E-state index in [0.717, 1.165) is 19.5 Å². The van der Waals surface area contributed by atoms with Crippen LogP contribution in [0.15, 0.2) is 42.7 Å². The molecular weight excluding hydrogens is 355 g/mol. The summed E-state index contributed by atoms with van der Waals surface area (Å²) in [5.41, 5.74) is 2.67. The first-order valence-electron chi connectivity index (χ1n) is 9.72. The number of pyridine rings is 1. The van der Waals surface area contributed by atoms with Gasteiger partial charge in [0.1, 0.15) is 0 Å². The Kier molecular flexibility index (Phi) is 5.73. The lowest BCUT2D eigenvalue weighted by molar-refractivity contribution is 0.271. The first-order chi connectivity index (χ1) is 12.7. The Hall–Kier alpha value is -1.72. The van der Waals surface area contributed by atoms with Gasteiger partial charge in [-0.1, -0.05) is 32.9 Å². The van der Waals surface area contributed by atoms with E-state index in [4.69, 9.17) is 4.43 Å². The van der Waals surface area contributed by atoms with Crippen LogP contribution >= 0.6 is 0 Å². The quantitative estimate of drug-likeness (QED) is 0.620. The number of halogens is 1. The minimum atomic E-state index is -1.89. The lowest BCUT2D eigenvalue weighted by Crippen LogP contribution is -2.48. The molecule has 0 radical (unpaired) electrons. The Morgan fingerprint density at radius 3 is 2.44 bits per heavy atom. The molecule has 3 nitrogen and oxygen atoms in total. The molecule has 1 aromatic heterocycles. The summed E-state index contributed by atoms with van der Waals surface area (Å²) in [5, 5.41) is 0.124. The molecule has 0 bridgehead atoms. The van der Waals surface area contributed by atoms with E-state index in [1.807, 2.05) is 30.6 Å².